The predicted octanol–water partition coefficient (Wildman–Crippen LogP) is 4.91. The molecule has 0 atom stereocenters. The fraction of sp³-hybridized carbons (Fsp3) is 0.333. The Bertz CT molecular complexity index is 722. The minimum absolute atomic E-state index is 0.111. The molecule has 0 aliphatic carbocycles. The first-order chi connectivity index (χ1) is 10.2. The monoisotopic (exact) mass is 334 g/mol. The molecule has 0 N–H and O–H groups in total. The van der Waals surface area contributed by atoms with Crippen LogP contribution in [0.3, 0.4) is 0 Å². The van der Waals surface area contributed by atoms with Crippen LogP contribution in [0.1, 0.15) is 37.5 Å². The van der Waals surface area contributed by atoms with E-state index in [0.717, 1.165) is 21.9 Å². The van der Waals surface area contributed by atoms with Gasteiger partial charge in [-0.15, -0.1) is 0 Å². The Morgan fingerprint density at radius 3 is 1.95 bits per heavy atom. The van der Waals surface area contributed by atoms with Gasteiger partial charge in [0.1, 0.15) is 0 Å². The lowest BCUT2D eigenvalue weighted by molar-refractivity contribution is 0.590. The van der Waals surface area contributed by atoms with Gasteiger partial charge in [-0.05, 0) is 46.4 Å². The molecular weight excluding hydrogens is 312 g/mol. The zero-order chi connectivity index (χ0) is 16.4. The van der Waals surface area contributed by atoms with E-state index in [9.17, 15) is 8.42 Å². The molecular formula is C18H22O2S2. The molecule has 0 fully saturated rings. The molecule has 0 spiro atoms. The maximum Gasteiger partial charge on any atom is 0.230 e. The van der Waals surface area contributed by atoms with Crippen molar-refractivity contribution in [3.63, 3.8) is 0 Å². The van der Waals surface area contributed by atoms with Gasteiger partial charge < -0.3 is 0 Å². The molecule has 2 rings (SSSR count). The van der Waals surface area contributed by atoms with E-state index in [4.69, 9.17) is 0 Å². The highest BCUT2D eigenvalue weighted by Gasteiger charge is 2.16. The van der Waals surface area contributed by atoms with Crippen molar-refractivity contribution in [3.05, 3.63) is 65.2 Å². The molecule has 22 heavy (non-hydrogen) atoms. The van der Waals surface area contributed by atoms with Crippen LogP contribution in [-0.4, -0.2) is 8.42 Å². The fourth-order valence-electron chi connectivity index (χ4n) is 2.02. The topological polar surface area (TPSA) is 34.1 Å². The average molecular weight is 335 g/mol. The Balaban J connectivity index is 2.07. The molecule has 0 saturated carbocycles. The molecule has 0 heterocycles. The molecule has 0 amide bonds. The highest BCUT2D eigenvalue weighted by Crippen LogP contribution is 2.28. The lowest BCUT2D eigenvalue weighted by Gasteiger charge is -2.19. The molecule has 0 aromatic heterocycles. The minimum Gasteiger partial charge on any atom is -0.212 e. The van der Waals surface area contributed by atoms with Gasteiger partial charge >= 0.3 is 0 Å². The third-order valence-corrected chi connectivity index (χ3v) is 6.98. The second kappa shape index (κ2) is 6.47. The maximum absolute atomic E-state index is 12.3. The van der Waals surface area contributed by atoms with E-state index in [2.05, 4.69) is 32.9 Å². The largest absolute Gasteiger partial charge is 0.230 e. The lowest BCUT2D eigenvalue weighted by Crippen LogP contribution is -2.10. The van der Waals surface area contributed by atoms with Crippen LogP contribution >= 0.6 is 10.8 Å². The molecule has 0 bridgehead atoms. The second-order valence-corrected chi connectivity index (χ2v) is 10.4. The Morgan fingerprint density at radius 1 is 0.909 bits per heavy atom. The zero-order valence-corrected chi connectivity index (χ0v) is 15.1. The molecule has 0 aliphatic rings. The second-order valence-electron chi connectivity index (χ2n) is 6.48. The van der Waals surface area contributed by atoms with E-state index < -0.39 is 8.87 Å². The highest BCUT2D eigenvalue weighted by atomic mass is 33.1. The van der Waals surface area contributed by atoms with Crippen LogP contribution in [0.2, 0.25) is 0 Å². The van der Waals surface area contributed by atoms with Crippen molar-refractivity contribution in [3.8, 4) is 0 Å². The first-order valence-electron chi connectivity index (χ1n) is 7.24. The summed E-state index contributed by atoms with van der Waals surface area (Å²) in [5.74, 6) is 0.459. The van der Waals surface area contributed by atoms with Gasteiger partial charge in [-0.3, -0.25) is 0 Å². The smallest absolute Gasteiger partial charge is 0.212 e. The van der Waals surface area contributed by atoms with Crippen LogP contribution < -0.4 is 0 Å². The first kappa shape index (κ1) is 17.1. The molecule has 0 unspecified atom stereocenters. The van der Waals surface area contributed by atoms with E-state index >= 15 is 0 Å². The van der Waals surface area contributed by atoms with E-state index in [1.54, 1.807) is 12.1 Å². The third kappa shape index (κ3) is 4.37. The number of benzene rings is 2. The number of rotatable bonds is 4. The molecule has 118 valence electrons. The summed E-state index contributed by atoms with van der Waals surface area (Å²) in [5, 5.41) is 0. The van der Waals surface area contributed by atoms with Gasteiger partial charge in [-0.1, -0.05) is 62.7 Å². The summed E-state index contributed by atoms with van der Waals surface area (Å²) in [7, 11) is -2.32. The van der Waals surface area contributed by atoms with Crippen molar-refractivity contribution in [1.29, 1.82) is 0 Å². The number of hydrogen-bond acceptors (Lipinski definition) is 3. The van der Waals surface area contributed by atoms with Gasteiger partial charge in [0, 0.05) is 5.75 Å². The standard InChI is InChI=1S/C18H22O2S2/c1-14-5-11-17(12-6-14)22(19,20)21-13-15-7-9-16(10-8-15)18(2,3)4/h5-12H,13H2,1-4H3. The van der Waals surface area contributed by atoms with Gasteiger partial charge in [0.05, 0.1) is 4.90 Å². The Labute approximate surface area is 137 Å². The van der Waals surface area contributed by atoms with Gasteiger partial charge in [0.25, 0.3) is 0 Å². The van der Waals surface area contributed by atoms with E-state index in [0.29, 0.717) is 10.6 Å². The quantitative estimate of drug-likeness (QED) is 0.745. The van der Waals surface area contributed by atoms with Crippen molar-refractivity contribution in [2.24, 2.45) is 0 Å². The summed E-state index contributed by atoms with van der Waals surface area (Å²) in [5.41, 5.74) is 3.44. The summed E-state index contributed by atoms with van der Waals surface area (Å²) in [6, 6.07) is 15.2. The van der Waals surface area contributed by atoms with E-state index in [-0.39, 0.29) is 5.41 Å². The summed E-state index contributed by atoms with van der Waals surface area (Å²) in [4.78, 5) is 0.370. The Kier molecular flexibility index (Phi) is 5.03. The summed E-state index contributed by atoms with van der Waals surface area (Å²) in [6.07, 6.45) is 0. The molecule has 0 radical (unpaired) electrons. The lowest BCUT2D eigenvalue weighted by atomic mass is 9.87. The van der Waals surface area contributed by atoms with Crippen molar-refractivity contribution in [2.75, 3.05) is 0 Å². The maximum atomic E-state index is 12.3. The first-order valence-corrected chi connectivity index (χ1v) is 10.2. The number of hydrogen-bond donors (Lipinski definition) is 0. The third-order valence-electron chi connectivity index (χ3n) is 3.51. The van der Waals surface area contributed by atoms with Crippen molar-refractivity contribution in [2.45, 2.75) is 43.8 Å². The van der Waals surface area contributed by atoms with Crippen LogP contribution in [-0.2, 0) is 20.0 Å². The Hall–Kier alpha value is -1.26. The summed E-state index contributed by atoms with van der Waals surface area (Å²) in [6.45, 7) is 8.44. The summed E-state index contributed by atoms with van der Waals surface area (Å²) < 4.78 is 24.6. The zero-order valence-electron chi connectivity index (χ0n) is 13.5. The van der Waals surface area contributed by atoms with Crippen LogP contribution in [0.5, 0.6) is 0 Å². The average Bonchev–Trinajstić information content (AvgIpc) is 2.45. The normalized spacial score (nSPS) is 12.4. The molecule has 2 aromatic carbocycles. The number of aryl methyl sites for hydroxylation is 1. The minimum atomic E-state index is -3.30. The van der Waals surface area contributed by atoms with Crippen molar-refractivity contribution >= 4 is 19.7 Å². The molecule has 0 saturated heterocycles. The Morgan fingerprint density at radius 2 is 1.45 bits per heavy atom. The van der Waals surface area contributed by atoms with Crippen molar-refractivity contribution < 1.29 is 8.42 Å². The van der Waals surface area contributed by atoms with Gasteiger partial charge in [-0.25, -0.2) is 8.42 Å². The summed E-state index contributed by atoms with van der Waals surface area (Å²) >= 11 is 0. The van der Waals surface area contributed by atoms with Gasteiger partial charge in [-0.2, -0.15) is 0 Å². The van der Waals surface area contributed by atoms with Crippen LogP contribution in [0, 0.1) is 6.92 Å². The van der Waals surface area contributed by atoms with Gasteiger partial charge in [0.2, 0.25) is 8.87 Å². The van der Waals surface area contributed by atoms with E-state index in [1.165, 1.54) is 5.56 Å². The van der Waals surface area contributed by atoms with Crippen LogP contribution in [0.15, 0.2) is 53.4 Å². The van der Waals surface area contributed by atoms with Crippen LogP contribution in [0.4, 0.5) is 0 Å². The molecule has 4 heteroatoms. The highest BCUT2D eigenvalue weighted by molar-refractivity contribution is 8.71. The molecule has 0 aliphatic heterocycles. The SMILES string of the molecule is Cc1ccc(S(=O)(=O)SCc2ccc(C(C)(C)C)cc2)cc1. The van der Waals surface area contributed by atoms with Crippen molar-refractivity contribution in [1.82, 2.24) is 0 Å². The molecule has 2 nitrogen and oxygen atoms in total. The van der Waals surface area contributed by atoms with E-state index in [1.807, 2.05) is 31.2 Å². The molecule has 2 aromatic rings. The van der Waals surface area contributed by atoms with Gasteiger partial charge in [0.15, 0.2) is 0 Å². The predicted molar refractivity (Wildman–Crippen MR) is 94.8 cm³/mol. The van der Waals surface area contributed by atoms with Crippen LogP contribution in [0.25, 0.3) is 0 Å². The fourth-order valence-corrected chi connectivity index (χ4v) is 4.72.